The summed E-state index contributed by atoms with van der Waals surface area (Å²) in [5.74, 6) is -0.493. The molecule has 2 aromatic carbocycles. The predicted octanol–water partition coefficient (Wildman–Crippen LogP) is 3.97. The fourth-order valence-electron chi connectivity index (χ4n) is 3.57. The monoisotopic (exact) mass is 375 g/mol. The summed E-state index contributed by atoms with van der Waals surface area (Å²) in [5, 5.41) is 4.35. The number of H-pyrrole nitrogens is 1. The summed E-state index contributed by atoms with van der Waals surface area (Å²) >= 11 is 0. The first-order valence-corrected chi connectivity index (χ1v) is 9.08. The maximum absolute atomic E-state index is 13.1. The Hall–Kier alpha value is -3.48. The molecule has 4 N–H and O–H groups in total. The van der Waals surface area contributed by atoms with Gasteiger partial charge in [0.15, 0.2) is 0 Å². The Balaban J connectivity index is 1.57. The number of hydrogen-bond donors (Lipinski definition) is 3. The van der Waals surface area contributed by atoms with Crippen molar-refractivity contribution in [3.05, 3.63) is 48.4 Å². The van der Waals surface area contributed by atoms with Crippen LogP contribution in [0.25, 0.3) is 32.9 Å². The number of anilines is 2. The minimum Gasteiger partial charge on any atom is -0.398 e. The van der Waals surface area contributed by atoms with Gasteiger partial charge in [0.1, 0.15) is 12.0 Å². The highest BCUT2D eigenvalue weighted by molar-refractivity contribution is 6.00. The second kappa shape index (κ2) is 6.02. The summed E-state index contributed by atoms with van der Waals surface area (Å²) in [6.45, 7) is 2.04. The number of rotatable bonds is 3. The van der Waals surface area contributed by atoms with E-state index in [1.54, 1.807) is 18.6 Å². The molecule has 0 aliphatic heterocycles. The molecule has 4 aromatic rings. The molecule has 0 radical (unpaired) electrons. The molecular formula is C21H18FN5O. The molecule has 7 heteroatoms. The minimum absolute atomic E-state index is 0.283. The van der Waals surface area contributed by atoms with E-state index in [1.165, 1.54) is 0 Å². The number of carbonyl (C=O) groups is 1. The molecule has 1 amide bonds. The molecule has 0 spiro atoms. The van der Waals surface area contributed by atoms with Crippen LogP contribution in [0.5, 0.6) is 0 Å². The minimum atomic E-state index is -1.04. The van der Waals surface area contributed by atoms with Crippen molar-refractivity contribution in [2.45, 2.75) is 19.5 Å². The second-order valence-corrected chi connectivity index (χ2v) is 7.29. The van der Waals surface area contributed by atoms with Crippen molar-refractivity contribution < 1.29 is 9.18 Å². The number of nitrogens with one attached hydrogen (secondary N) is 2. The van der Waals surface area contributed by atoms with Gasteiger partial charge in [-0.05, 0) is 65.8 Å². The number of nitrogens with zero attached hydrogens (tertiary/aromatic N) is 2. The van der Waals surface area contributed by atoms with Crippen LogP contribution in [0.2, 0.25) is 0 Å². The van der Waals surface area contributed by atoms with Gasteiger partial charge in [0.25, 0.3) is 0 Å². The molecule has 1 aliphatic carbocycles. The van der Waals surface area contributed by atoms with Gasteiger partial charge < -0.3 is 16.0 Å². The van der Waals surface area contributed by atoms with Gasteiger partial charge in [-0.2, -0.15) is 0 Å². The van der Waals surface area contributed by atoms with Crippen LogP contribution >= 0.6 is 0 Å². The van der Waals surface area contributed by atoms with Gasteiger partial charge in [0.05, 0.1) is 23.3 Å². The number of alkyl halides is 1. The predicted molar refractivity (Wildman–Crippen MR) is 108 cm³/mol. The molecule has 2 heterocycles. The van der Waals surface area contributed by atoms with Crippen LogP contribution in [-0.2, 0) is 4.79 Å². The van der Waals surface area contributed by atoms with E-state index in [1.807, 2.05) is 25.1 Å². The molecule has 0 unspecified atom stereocenters. The second-order valence-electron chi connectivity index (χ2n) is 7.29. The Kier molecular flexibility index (Phi) is 3.58. The maximum Gasteiger partial charge on any atom is 0.231 e. The zero-order valence-corrected chi connectivity index (χ0v) is 15.2. The van der Waals surface area contributed by atoms with Crippen molar-refractivity contribution in [1.29, 1.82) is 0 Å². The van der Waals surface area contributed by atoms with Crippen molar-refractivity contribution >= 4 is 39.2 Å². The van der Waals surface area contributed by atoms with Gasteiger partial charge in [-0.1, -0.05) is 0 Å². The molecule has 1 aliphatic rings. The zero-order chi connectivity index (χ0) is 19.4. The number of carbonyl (C=O) groups excluding carboxylic acids is 1. The number of benzene rings is 2. The highest BCUT2D eigenvalue weighted by Gasteiger charge is 2.43. The number of aromatic nitrogens is 3. The normalized spacial score (nSPS) is 18.5. The highest BCUT2D eigenvalue weighted by atomic mass is 19.1. The highest BCUT2D eigenvalue weighted by Crippen LogP contribution is 2.36. The van der Waals surface area contributed by atoms with Crippen molar-refractivity contribution in [2.75, 3.05) is 11.1 Å². The first-order valence-electron chi connectivity index (χ1n) is 9.08. The third-order valence-electron chi connectivity index (χ3n) is 5.25. The topological polar surface area (TPSA) is 96.7 Å². The van der Waals surface area contributed by atoms with E-state index in [0.29, 0.717) is 11.5 Å². The van der Waals surface area contributed by atoms with Crippen LogP contribution in [-0.4, -0.2) is 27.0 Å². The molecular weight excluding hydrogens is 357 g/mol. The van der Waals surface area contributed by atoms with Crippen molar-refractivity contribution in [3.63, 3.8) is 0 Å². The Morgan fingerprint density at radius 1 is 1.25 bits per heavy atom. The summed E-state index contributed by atoms with van der Waals surface area (Å²) in [6, 6.07) is 9.78. The number of nitrogen functional groups attached to an aromatic ring is 1. The first kappa shape index (κ1) is 16.7. The fraction of sp³-hybridized carbons (Fsp3) is 0.190. The molecule has 0 saturated heterocycles. The Bertz CT molecular complexity index is 1250. The lowest BCUT2D eigenvalue weighted by Gasteiger charge is -2.11. The molecule has 6 nitrogen and oxygen atoms in total. The van der Waals surface area contributed by atoms with Gasteiger partial charge in [-0.3, -0.25) is 4.79 Å². The number of nitrogens with two attached hydrogens (primary N) is 1. The van der Waals surface area contributed by atoms with Crippen LogP contribution in [0.1, 0.15) is 12.0 Å². The molecule has 1 saturated carbocycles. The van der Waals surface area contributed by atoms with E-state index in [4.69, 9.17) is 5.73 Å². The van der Waals surface area contributed by atoms with Crippen molar-refractivity contribution in [2.24, 2.45) is 5.92 Å². The van der Waals surface area contributed by atoms with E-state index in [-0.39, 0.29) is 12.3 Å². The number of aryl methyl sites for hydroxylation is 1. The first-order chi connectivity index (χ1) is 13.5. The average molecular weight is 375 g/mol. The smallest absolute Gasteiger partial charge is 0.231 e. The van der Waals surface area contributed by atoms with Gasteiger partial charge >= 0.3 is 0 Å². The summed E-state index contributed by atoms with van der Waals surface area (Å²) in [4.78, 5) is 23.7. The lowest BCUT2D eigenvalue weighted by Crippen LogP contribution is -2.15. The lowest BCUT2D eigenvalue weighted by atomic mass is 9.96. The SMILES string of the molecule is Cc1cc2[nH]cnc2cc1-c1cc(N)c2cnc(NC(=O)[C@H]3C[C@H]3F)cc2c1. The van der Waals surface area contributed by atoms with Gasteiger partial charge in [-0.15, -0.1) is 0 Å². The van der Waals surface area contributed by atoms with Gasteiger partial charge in [0.2, 0.25) is 5.91 Å². The molecule has 140 valence electrons. The van der Waals surface area contributed by atoms with Gasteiger partial charge in [-0.25, -0.2) is 14.4 Å². The number of aromatic amines is 1. The average Bonchev–Trinajstić information content (AvgIpc) is 3.22. The Morgan fingerprint density at radius 2 is 2.07 bits per heavy atom. The van der Waals surface area contributed by atoms with Crippen molar-refractivity contribution in [1.82, 2.24) is 15.0 Å². The number of halogens is 1. The van der Waals surface area contributed by atoms with Crippen LogP contribution in [0.3, 0.4) is 0 Å². The van der Waals surface area contributed by atoms with Crippen LogP contribution < -0.4 is 11.1 Å². The van der Waals surface area contributed by atoms with E-state index in [9.17, 15) is 9.18 Å². The van der Waals surface area contributed by atoms with E-state index in [2.05, 4.69) is 26.3 Å². The largest absolute Gasteiger partial charge is 0.398 e. The van der Waals surface area contributed by atoms with E-state index < -0.39 is 12.1 Å². The standard InChI is InChI=1S/C21H18FN5O/c1-10-2-18-19(26-9-25-18)7-13(10)11-3-12-5-20(24-8-15(12)17(23)4-11)27-21(28)14-6-16(14)22/h2-5,7-9,14,16H,6,23H2,1H3,(H,25,26)(H,24,27,28)/t14-,16+/m0/s1. The lowest BCUT2D eigenvalue weighted by molar-refractivity contribution is -0.117. The number of imidazole rings is 1. The maximum atomic E-state index is 13.1. The number of pyridine rings is 1. The fourth-order valence-corrected chi connectivity index (χ4v) is 3.57. The number of hydrogen-bond acceptors (Lipinski definition) is 4. The van der Waals surface area contributed by atoms with Crippen LogP contribution in [0, 0.1) is 12.8 Å². The molecule has 2 atom stereocenters. The quantitative estimate of drug-likeness (QED) is 0.472. The summed E-state index contributed by atoms with van der Waals surface area (Å²) in [5.41, 5.74) is 11.8. The molecule has 1 fully saturated rings. The van der Waals surface area contributed by atoms with Crippen molar-refractivity contribution in [3.8, 4) is 11.1 Å². The van der Waals surface area contributed by atoms with E-state index in [0.717, 1.165) is 38.5 Å². The number of fused-ring (bicyclic) bond motifs is 2. The van der Waals surface area contributed by atoms with Crippen LogP contribution in [0.4, 0.5) is 15.9 Å². The number of amides is 1. The molecule has 5 rings (SSSR count). The third-order valence-corrected chi connectivity index (χ3v) is 5.25. The Morgan fingerprint density at radius 3 is 2.86 bits per heavy atom. The molecule has 2 aromatic heterocycles. The zero-order valence-electron chi connectivity index (χ0n) is 15.2. The summed E-state index contributed by atoms with van der Waals surface area (Å²) in [6.07, 6.45) is 2.55. The summed E-state index contributed by atoms with van der Waals surface area (Å²) < 4.78 is 13.1. The Labute approximate surface area is 160 Å². The summed E-state index contributed by atoms with van der Waals surface area (Å²) in [7, 11) is 0. The third kappa shape index (κ3) is 2.76. The van der Waals surface area contributed by atoms with Crippen LogP contribution in [0.15, 0.2) is 42.9 Å². The van der Waals surface area contributed by atoms with E-state index >= 15 is 0 Å². The van der Waals surface area contributed by atoms with Gasteiger partial charge in [0, 0.05) is 17.3 Å². The molecule has 28 heavy (non-hydrogen) atoms. The molecule has 0 bridgehead atoms.